The van der Waals surface area contributed by atoms with Crippen molar-refractivity contribution in [2.75, 3.05) is 0 Å². The van der Waals surface area contributed by atoms with Crippen LogP contribution in [0.15, 0.2) is 0 Å². The van der Waals surface area contributed by atoms with Gasteiger partial charge in [-0.05, 0) is 63.7 Å². The van der Waals surface area contributed by atoms with Gasteiger partial charge in [0.15, 0.2) is 0 Å². The van der Waals surface area contributed by atoms with E-state index in [4.69, 9.17) is 17.2 Å². The summed E-state index contributed by atoms with van der Waals surface area (Å²) in [6.45, 7) is 12.4. The summed E-state index contributed by atoms with van der Waals surface area (Å²) in [5.41, 5.74) is 16.6. The molecule has 0 aliphatic carbocycles. The molecular weight excluding hydrogens is 1050 g/mol. The fourth-order valence-corrected chi connectivity index (χ4v) is 7.25. The number of aliphatic hydroxyl groups is 1. The Bertz CT molecular complexity index is 2230. The minimum Gasteiger partial charge on any atom is -0.481 e. The summed E-state index contributed by atoms with van der Waals surface area (Å²) in [6, 6.07) is -17.2. The van der Waals surface area contributed by atoms with E-state index in [2.05, 4.69) is 37.2 Å². The Morgan fingerprint density at radius 3 is 1.06 bits per heavy atom. The van der Waals surface area contributed by atoms with Gasteiger partial charge in [-0.1, -0.05) is 41.5 Å². The van der Waals surface area contributed by atoms with Crippen molar-refractivity contribution in [3.8, 4) is 0 Å². The van der Waals surface area contributed by atoms with Crippen LogP contribution in [0, 0.1) is 17.8 Å². The number of rotatable bonds is 38. The van der Waals surface area contributed by atoms with Gasteiger partial charge in [0.25, 0.3) is 0 Å². The molecule has 79 heavy (non-hydrogen) atoms. The molecule has 0 aliphatic heterocycles. The minimum absolute atomic E-state index is 0.00962. The molecule has 32 heteroatoms. The van der Waals surface area contributed by atoms with E-state index in [9.17, 15) is 97.5 Å². The molecule has 0 radical (unpaired) electrons. The molecule has 11 amide bonds. The van der Waals surface area contributed by atoms with E-state index >= 15 is 0 Å². The molecule has 0 aliphatic rings. The SMILES string of the molecule is CC(C)C[C@H](NC(=O)[C@H](CC(=O)O)NC(=O)[C@H](CC(N)=O)NC(=O)[C@H](CC(N)=O)NC(=O)[C@H](C)NC(=O)[C@@H](NC(=O)[C@H](CCC(=O)O)NC(=O)[C@H](CCC(=O)O)NC(=O)[C@H](CC(C)C)NC(=O)[C@@H](N)CC(C)C)[C@@H](C)O)C(=O)O. The van der Waals surface area contributed by atoms with E-state index in [1.54, 1.807) is 27.7 Å². The van der Waals surface area contributed by atoms with E-state index in [1.165, 1.54) is 0 Å². The third-order valence-corrected chi connectivity index (χ3v) is 11.2. The molecule has 0 saturated heterocycles. The Hall–Kier alpha value is -8.03. The number of aliphatic carboxylic acids is 4. The van der Waals surface area contributed by atoms with Gasteiger partial charge in [-0.3, -0.25) is 67.1 Å². The van der Waals surface area contributed by atoms with Crippen molar-refractivity contribution in [2.24, 2.45) is 35.0 Å². The predicted octanol–water partition coefficient (Wildman–Crippen LogP) is -5.74. The zero-order chi connectivity index (χ0) is 61.2. The second kappa shape index (κ2) is 34.7. The molecule has 0 saturated carbocycles. The molecule has 0 aromatic rings. The fourth-order valence-electron chi connectivity index (χ4n) is 7.25. The first kappa shape index (κ1) is 71.0. The maximum Gasteiger partial charge on any atom is 0.326 e. The van der Waals surface area contributed by atoms with E-state index < -0.39 is 200 Å². The number of carbonyl (C=O) groups excluding carboxylic acids is 11. The number of hydrogen-bond acceptors (Lipinski definition) is 17. The lowest BCUT2D eigenvalue weighted by Crippen LogP contribution is -2.62. The normalized spacial score (nSPS) is 15.3. The second-order valence-electron chi connectivity index (χ2n) is 20.0. The van der Waals surface area contributed by atoms with Crippen LogP contribution in [-0.4, -0.2) is 181 Å². The first-order chi connectivity index (χ1) is 36.4. The number of nitrogens with one attached hydrogen (secondary N) is 9. The van der Waals surface area contributed by atoms with Gasteiger partial charge in [0.2, 0.25) is 65.0 Å². The minimum atomic E-state index is -2.04. The Kier molecular flexibility index (Phi) is 31.2. The van der Waals surface area contributed by atoms with Gasteiger partial charge in [0, 0.05) is 12.8 Å². The van der Waals surface area contributed by atoms with Gasteiger partial charge in [0.1, 0.15) is 54.4 Å². The molecule has 0 spiro atoms. The Morgan fingerprint density at radius 1 is 0.367 bits per heavy atom. The number of carboxylic acids is 4. The molecule has 0 fully saturated rings. The van der Waals surface area contributed by atoms with Crippen LogP contribution in [0.1, 0.15) is 120 Å². The molecule has 20 N–H and O–H groups in total. The van der Waals surface area contributed by atoms with Crippen LogP contribution in [0.3, 0.4) is 0 Å². The highest BCUT2D eigenvalue weighted by molar-refractivity contribution is 6.00. The lowest BCUT2D eigenvalue weighted by Gasteiger charge is -2.28. The van der Waals surface area contributed by atoms with Crippen molar-refractivity contribution >= 4 is 88.9 Å². The van der Waals surface area contributed by atoms with Gasteiger partial charge < -0.3 is 90.6 Å². The highest BCUT2D eigenvalue weighted by atomic mass is 16.4. The monoisotopic (exact) mass is 1130 g/mol. The van der Waals surface area contributed by atoms with E-state index in [0.717, 1.165) is 13.8 Å². The lowest BCUT2D eigenvalue weighted by atomic mass is 10.00. The average Bonchev–Trinajstić information content (AvgIpc) is 3.30. The molecule has 0 rings (SSSR count). The van der Waals surface area contributed by atoms with Crippen molar-refractivity contribution in [3.05, 3.63) is 0 Å². The largest absolute Gasteiger partial charge is 0.481 e. The van der Waals surface area contributed by atoms with Crippen LogP contribution in [0.5, 0.6) is 0 Å². The topological polar surface area (TPSA) is 544 Å². The van der Waals surface area contributed by atoms with Crippen molar-refractivity contribution in [1.82, 2.24) is 47.9 Å². The number of amides is 11. The first-order valence-corrected chi connectivity index (χ1v) is 25.1. The van der Waals surface area contributed by atoms with Crippen LogP contribution in [-0.2, 0) is 71.9 Å². The summed E-state index contributed by atoms with van der Waals surface area (Å²) in [5.74, 6) is -19.8. The maximum absolute atomic E-state index is 13.8. The number of aliphatic hydroxyl groups excluding tert-OH is 1. The molecule has 0 heterocycles. The Morgan fingerprint density at radius 2 is 0.696 bits per heavy atom. The molecule has 32 nitrogen and oxygen atoms in total. The van der Waals surface area contributed by atoms with Crippen LogP contribution in [0.25, 0.3) is 0 Å². The Labute approximate surface area is 454 Å². The number of carboxylic acid groups (broad SMARTS) is 4. The summed E-state index contributed by atoms with van der Waals surface area (Å²) in [4.78, 5) is 192. The molecular formula is C47H78N12O20. The molecule has 0 aromatic carbocycles. The van der Waals surface area contributed by atoms with Crippen molar-refractivity contribution < 1.29 is 97.5 Å². The van der Waals surface area contributed by atoms with Crippen LogP contribution in [0.4, 0.5) is 0 Å². The zero-order valence-electron chi connectivity index (χ0n) is 45.2. The standard InChI is InChI=1S/C47H78N12O20/c1-19(2)13-24(48)39(70)55-27(14-20(3)4)42(73)53-25(9-11-34(63)64)40(71)52-26(10-12-35(65)66)41(72)59-37(23(8)60)46(77)51-22(7)38(69)54-28(16-32(49)61)43(74)56-29(17-33(50)62)44(75)57-30(18-36(67)68)45(76)58-31(47(78)79)15-21(5)6/h19-31,37,60H,9-18,48H2,1-8H3,(H2,49,61)(H2,50,62)(H,51,77)(H,52,71)(H,53,73)(H,54,69)(H,55,70)(H,56,74)(H,57,75)(H,58,76)(H,59,72)(H,63,64)(H,65,66)(H,67,68)(H,78,79)/t22-,23+,24-,25-,26-,27-,28-,29-,30-,31-,37-/m0/s1. The average molecular weight is 1130 g/mol. The van der Waals surface area contributed by atoms with Gasteiger partial charge in [-0.15, -0.1) is 0 Å². The quantitative estimate of drug-likeness (QED) is 0.0274. The van der Waals surface area contributed by atoms with Crippen molar-refractivity contribution in [3.63, 3.8) is 0 Å². The number of nitrogens with two attached hydrogens (primary N) is 3. The summed E-state index contributed by atoms with van der Waals surface area (Å²) < 4.78 is 0. The molecule has 11 atom stereocenters. The van der Waals surface area contributed by atoms with E-state index in [1.807, 2.05) is 24.5 Å². The van der Waals surface area contributed by atoms with E-state index in [-0.39, 0.29) is 37.0 Å². The highest BCUT2D eigenvalue weighted by Crippen LogP contribution is 2.12. The second-order valence-corrected chi connectivity index (χ2v) is 20.0. The number of hydrogen-bond donors (Lipinski definition) is 17. The summed E-state index contributed by atoms with van der Waals surface area (Å²) in [6.07, 6.45) is -7.56. The van der Waals surface area contributed by atoms with E-state index in [0.29, 0.717) is 0 Å². The number of primary amides is 2. The van der Waals surface area contributed by atoms with Crippen molar-refractivity contribution in [1.29, 1.82) is 0 Å². The number of carbonyl (C=O) groups is 15. The fraction of sp³-hybridized carbons (Fsp3) is 0.681. The molecule has 0 unspecified atom stereocenters. The molecule has 446 valence electrons. The third-order valence-electron chi connectivity index (χ3n) is 11.2. The lowest BCUT2D eigenvalue weighted by molar-refractivity contribution is -0.144. The van der Waals surface area contributed by atoms with Crippen LogP contribution in [0.2, 0.25) is 0 Å². The maximum atomic E-state index is 13.8. The van der Waals surface area contributed by atoms with Gasteiger partial charge in [-0.2, -0.15) is 0 Å². The Balaban J connectivity index is 6.56. The summed E-state index contributed by atoms with van der Waals surface area (Å²) in [7, 11) is 0. The highest BCUT2D eigenvalue weighted by Gasteiger charge is 2.37. The van der Waals surface area contributed by atoms with Crippen LogP contribution < -0.4 is 65.1 Å². The van der Waals surface area contributed by atoms with Crippen molar-refractivity contribution in [2.45, 2.75) is 186 Å². The molecule has 0 bridgehead atoms. The third kappa shape index (κ3) is 28.8. The predicted molar refractivity (Wildman–Crippen MR) is 272 cm³/mol. The first-order valence-electron chi connectivity index (χ1n) is 25.1. The van der Waals surface area contributed by atoms with Gasteiger partial charge >= 0.3 is 23.9 Å². The van der Waals surface area contributed by atoms with Crippen LogP contribution >= 0.6 is 0 Å². The molecule has 0 aromatic heterocycles. The summed E-state index contributed by atoms with van der Waals surface area (Å²) >= 11 is 0. The van der Waals surface area contributed by atoms with Gasteiger partial charge in [0.05, 0.1) is 31.4 Å². The zero-order valence-corrected chi connectivity index (χ0v) is 45.2. The van der Waals surface area contributed by atoms with Gasteiger partial charge in [-0.25, -0.2) is 4.79 Å². The summed E-state index contributed by atoms with van der Waals surface area (Å²) in [5, 5.41) is 68.1. The smallest absolute Gasteiger partial charge is 0.326 e.